The summed E-state index contributed by atoms with van der Waals surface area (Å²) in [5.41, 5.74) is 0.945. The molecule has 0 saturated heterocycles. The molecule has 0 aromatic carbocycles. The van der Waals surface area contributed by atoms with Crippen LogP contribution in [0.3, 0.4) is 0 Å². The van der Waals surface area contributed by atoms with Crippen LogP contribution in [0.4, 0.5) is 0 Å². The fourth-order valence-corrected chi connectivity index (χ4v) is 2.49. The van der Waals surface area contributed by atoms with Gasteiger partial charge in [-0.05, 0) is 31.0 Å². The Balaban J connectivity index is 2.03. The Kier molecular flexibility index (Phi) is 5.12. The first-order chi connectivity index (χ1) is 10.8. The largest absolute Gasteiger partial charge is 0.352 e. The third-order valence-corrected chi connectivity index (χ3v) is 3.84. The van der Waals surface area contributed by atoms with Gasteiger partial charge in [0.1, 0.15) is 11.2 Å². The van der Waals surface area contributed by atoms with Crippen LogP contribution in [0.5, 0.6) is 0 Å². The van der Waals surface area contributed by atoms with Crippen molar-refractivity contribution in [1.82, 2.24) is 19.4 Å². The van der Waals surface area contributed by atoms with Crippen molar-refractivity contribution in [3.63, 3.8) is 0 Å². The van der Waals surface area contributed by atoms with E-state index in [1.807, 2.05) is 6.92 Å². The predicted octanol–water partition coefficient (Wildman–Crippen LogP) is -0.328. The van der Waals surface area contributed by atoms with E-state index < -0.39 is 21.5 Å². The quantitative estimate of drug-likeness (QED) is 0.701. The number of carbonyl (C=O) groups excluding carboxylic acids is 1. The van der Waals surface area contributed by atoms with Gasteiger partial charge in [0.05, 0.1) is 6.26 Å². The number of hydrogen-bond donors (Lipinski definition) is 2. The van der Waals surface area contributed by atoms with E-state index in [1.54, 1.807) is 18.3 Å². The van der Waals surface area contributed by atoms with E-state index in [-0.39, 0.29) is 18.7 Å². The molecule has 0 saturated carbocycles. The Morgan fingerprint density at radius 1 is 1.35 bits per heavy atom. The van der Waals surface area contributed by atoms with Crippen molar-refractivity contribution in [2.75, 3.05) is 19.3 Å². The van der Waals surface area contributed by atoms with Crippen LogP contribution >= 0.6 is 0 Å². The molecular formula is C14H18N4O4S. The molecule has 0 aliphatic carbocycles. The standard InChI is InChI=1S/C14H18N4O4S/c1-10-4-7-18-12(8-10)16-9-11(14(18)20)13(19)15-5-3-6-17-23(2,21)22/h4,7-9,17H,3,5-6H2,1-2H3,(H,15,19). The summed E-state index contributed by atoms with van der Waals surface area (Å²) in [6, 6.07) is 3.51. The second-order valence-corrected chi connectivity index (χ2v) is 7.02. The van der Waals surface area contributed by atoms with Gasteiger partial charge in [0.2, 0.25) is 10.0 Å². The molecule has 2 aromatic heterocycles. The van der Waals surface area contributed by atoms with Crippen LogP contribution in [-0.2, 0) is 10.0 Å². The fraction of sp³-hybridized carbons (Fsp3) is 0.357. The van der Waals surface area contributed by atoms with Gasteiger partial charge >= 0.3 is 0 Å². The minimum atomic E-state index is -3.24. The van der Waals surface area contributed by atoms with E-state index in [4.69, 9.17) is 0 Å². The molecular weight excluding hydrogens is 320 g/mol. The van der Waals surface area contributed by atoms with Crippen LogP contribution in [0.1, 0.15) is 22.3 Å². The Labute approximate surface area is 133 Å². The van der Waals surface area contributed by atoms with Crippen molar-refractivity contribution in [3.05, 3.63) is 46.0 Å². The second kappa shape index (κ2) is 6.88. The molecule has 2 N–H and O–H groups in total. The van der Waals surface area contributed by atoms with Crippen LogP contribution in [-0.4, -0.2) is 43.1 Å². The molecule has 0 spiro atoms. The summed E-state index contributed by atoms with van der Waals surface area (Å²) in [5, 5.41) is 2.58. The maximum absolute atomic E-state index is 12.3. The molecule has 2 aromatic rings. The molecule has 2 heterocycles. The lowest BCUT2D eigenvalue weighted by molar-refractivity contribution is 0.0951. The summed E-state index contributed by atoms with van der Waals surface area (Å²) in [7, 11) is -3.24. The molecule has 1 amide bonds. The summed E-state index contributed by atoms with van der Waals surface area (Å²) < 4.78 is 25.4. The minimum absolute atomic E-state index is 0.0533. The highest BCUT2D eigenvalue weighted by Crippen LogP contribution is 2.02. The molecule has 23 heavy (non-hydrogen) atoms. The molecule has 0 atom stereocenters. The first-order valence-electron chi connectivity index (χ1n) is 6.99. The highest BCUT2D eigenvalue weighted by atomic mass is 32.2. The zero-order valence-electron chi connectivity index (χ0n) is 12.9. The molecule has 0 fully saturated rings. The number of carbonyl (C=O) groups is 1. The van der Waals surface area contributed by atoms with Crippen LogP contribution in [0, 0.1) is 6.92 Å². The lowest BCUT2D eigenvalue weighted by Crippen LogP contribution is -2.33. The van der Waals surface area contributed by atoms with E-state index in [1.165, 1.54) is 10.6 Å². The van der Waals surface area contributed by atoms with Crippen molar-refractivity contribution in [2.45, 2.75) is 13.3 Å². The number of pyridine rings is 1. The smallest absolute Gasteiger partial charge is 0.270 e. The number of amides is 1. The first kappa shape index (κ1) is 17.1. The fourth-order valence-electron chi connectivity index (χ4n) is 1.98. The van der Waals surface area contributed by atoms with Gasteiger partial charge in [0.15, 0.2) is 0 Å². The van der Waals surface area contributed by atoms with Gasteiger partial charge in [-0.2, -0.15) is 0 Å². The van der Waals surface area contributed by atoms with Crippen LogP contribution in [0.25, 0.3) is 5.65 Å². The van der Waals surface area contributed by atoms with Gasteiger partial charge in [-0.25, -0.2) is 18.1 Å². The molecule has 0 bridgehead atoms. The van der Waals surface area contributed by atoms with Crippen molar-refractivity contribution in [2.24, 2.45) is 0 Å². The summed E-state index contributed by atoms with van der Waals surface area (Å²) in [4.78, 5) is 28.4. The lowest BCUT2D eigenvalue weighted by atomic mass is 10.2. The van der Waals surface area contributed by atoms with Crippen molar-refractivity contribution < 1.29 is 13.2 Å². The third-order valence-electron chi connectivity index (χ3n) is 3.11. The zero-order chi connectivity index (χ0) is 17.0. The average molecular weight is 338 g/mol. The summed E-state index contributed by atoms with van der Waals surface area (Å²) in [6.07, 6.45) is 4.31. The molecule has 2 rings (SSSR count). The second-order valence-electron chi connectivity index (χ2n) is 5.19. The predicted molar refractivity (Wildman–Crippen MR) is 86.0 cm³/mol. The first-order valence-corrected chi connectivity index (χ1v) is 8.88. The topological polar surface area (TPSA) is 110 Å². The highest BCUT2D eigenvalue weighted by Gasteiger charge is 2.12. The number of fused-ring (bicyclic) bond motifs is 1. The van der Waals surface area contributed by atoms with Crippen LogP contribution < -0.4 is 15.6 Å². The molecule has 124 valence electrons. The van der Waals surface area contributed by atoms with Crippen LogP contribution in [0.15, 0.2) is 29.3 Å². The lowest BCUT2D eigenvalue weighted by Gasteiger charge is -2.07. The maximum atomic E-state index is 12.3. The summed E-state index contributed by atoms with van der Waals surface area (Å²) >= 11 is 0. The average Bonchev–Trinajstić information content (AvgIpc) is 2.45. The number of aryl methyl sites for hydroxylation is 1. The number of hydrogen-bond acceptors (Lipinski definition) is 5. The molecule has 9 heteroatoms. The Hall–Kier alpha value is -2.26. The molecule has 0 unspecified atom stereocenters. The Bertz CT molecular complexity index is 889. The van der Waals surface area contributed by atoms with Crippen molar-refractivity contribution in [3.8, 4) is 0 Å². The van der Waals surface area contributed by atoms with Gasteiger partial charge in [0, 0.05) is 25.5 Å². The molecule has 0 aliphatic rings. The number of aromatic nitrogens is 2. The van der Waals surface area contributed by atoms with Crippen LogP contribution in [0.2, 0.25) is 0 Å². The van der Waals surface area contributed by atoms with E-state index in [0.29, 0.717) is 12.1 Å². The van der Waals surface area contributed by atoms with Gasteiger partial charge in [-0.1, -0.05) is 0 Å². The van der Waals surface area contributed by atoms with E-state index >= 15 is 0 Å². The monoisotopic (exact) mass is 338 g/mol. The van der Waals surface area contributed by atoms with E-state index in [9.17, 15) is 18.0 Å². The number of nitrogens with one attached hydrogen (secondary N) is 2. The minimum Gasteiger partial charge on any atom is -0.352 e. The van der Waals surface area contributed by atoms with Gasteiger partial charge in [0.25, 0.3) is 11.5 Å². The van der Waals surface area contributed by atoms with E-state index in [2.05, 4.69) is 15.0 Å². The Morgan fingerprint density at radius 3 is 2.78 bits per heavy atom. The number of sulfonamides is 1. The van der Waals surface area contributed by atoms with Crippen molar-refractivity contribution >= 4 is 21.6 Å². The maximum Gasteiger partial charge on any atom is 0.270 e. The van der Waals surface area contributed by atoms with Gasteiger partial charge in [-0.3, -0.25) is 14.0 Å². The normalized spacial score (nSPS) is 11.6. The highest BCUT2D eigenvalue weighted by molar-refractivity contribution is 7.88. The van der Waals surface area contributed by atoms with Crippen molar-refractivity contribution in [1.29, 1.82) is 0 Å². The molecule has 8 nitrogen and oxygen atoms in total. The zero-order valence-corrected chi connectivity index (χ0v) is 13.7. The summed E-state index contributed by atoms with van der Waals surface area (Å²) in [6.45, 7) is 2.35. The molecule has 0 radical (unpaired) electrons. The Morgan fingerprint density at radius 2 is 2.09 bits per heavy atom. The third kappa shape index (κ3) is 4.60. The SMILES string of the molecule is Cc1ccn2c(=O)c(C(=O)NCCCNS(C)(=O)=O)cnc2c1. The van der Waals surface area contributed by atoms with Gasteiger partial charge in [-0.15, -0.1) is 0 Å². The summed E-state index contributed by atoms with van der Waals surface area (Å²) in [5.74, 6) is -0.531. The molecule has 0 aliphatic heterocycles. The number of rotatable bonds is 6. The number of nitrogens with zero attached hydrogens (tertiary/aromatic N) is 2. The van der Waals surface area contributed by atoms with Gasteiger partial charge < -0.3 is 5.32 Å². The van der Waals surface area contributed by atoms with E-state index in [0.717, 1.165) is 11.8 Å².